The van der Waals surface area contributed by atoms with Crippen LogP contribution in [0.5, 0.6) is 0 Å². The van der Waals surface area contributed by atoms with Crippen molar-refractivity contribution in [3.63, 3.8) is 0 Å². The molecule has 1 saturated carbocycles. The molecule has 11 nitrogen and oxygen atoms in total. The second-order valence-electron chi connectivity index (χ2n) is 11.0. The van der Waals surface area contributed by atoms with E-state index in [1.807, 2.05) is 18.7 Å². The highest BCUT2D eigenvalue weighted by molar-refractivity contribution is 7.92. The molecule has 3 fully saturated rings. The van der Waals surface area contributed by atoms with E-state index < -0.39 is 39.2 Å². The standard InChI is InChI=1S/C25H31FN6O5S/c1-15-11-31(23(34)35)12-24(3,32(15)19-6-4-5-18(21(19)26)28-16(2)33)20-7-8-27-22(30-20)29-17-9-25(10-17)13-38(36,37)14-25/h4-8,15,17H,9-14H2,1-3H3,(H,28,33)(H,34,35)(H,27,29,30). The number of hydrogen-bond donors (Lipinski definition) is 3. The summed E-state index contributed by atoms with van der Waals surface area (Å²) in [5, 5.41) is 15.6. The molecule has 38 heavy (non-hydrogen) atoms. The molecular weight excluding hydrogens is 515 g/mol. The summed E-state index contributed by atoms with van der Waals surface area (Å²) >= 11 is 0. The summed E-state index contributed by atoms with van der Waals surface area (Å²) in [6.45, 7) is 5.11. The number of amides is 2. The van der Waals surface area contributed by atoms with Gasteiger partial charge in [-0.3, -0.25) is 4.79 Å². The minimum atomic E-state index is -2.91. The number of nitrogens with one attached hydrogen (secondary N) is 2. The Morgan fingerprint density at radius 1 is 1.21 bits per heavy atom. The fourth-order valence-corrected chi connectivity index (χ4v) is 8.62. The van der Waals surface area contributed by atoms with Gasteiger partial charge in [0.25, 0.3) is 0 Å². The zero-order chi connectivity index (χ0) is 27.5. The molecule has 1 aromatic carbocycles. The van der Waals surface area contributed by atoms with Gasteiger partial charge >= 0.3 is 6.09 Å². The first kappa shape index (κ1) is 26.1. The molecule has 3 aliphatic rings. The Bertz CT molecular complexity index is 1380. The molecule has 2 atom stereocenters. The van der Waals surface area contributed by atoms with Crippen LogP contribution < -0.4 is 15.5 Å². The van der Waals surface area contributed by atoms with Gasteiger partial charge in [-0.25, -0.2) is 27.6 Å². The molecule has 1 spiro atoms. The number of anilines is 3. The summed E-state index contributed by atoms with van der Waals surface area (Å²) in [4.78, 5) is 35.8. The summed E-state index contributed by atoms with van der Waals surface area (Å²) in [5.74, 6) is -0.238. The second kappa shape index (κ2) is 9.07. The molecule has 3 N–H and O–H groups in total. The summed E-state index contributed by atoms with van der Waals surface area (Å²) in [5.41, 5.74) is -0.469. The Labute approximate surface area is 220 Å². The van der Waals surface area contributed by atoms with Gasteiger partial charge in [-0.05, 0) is 44.9 Å². The van der Waals surface area contributed by atoms with Crippen LogP contribution in [-0.2, 0) is 20.2 Å². The van der Waals surface area contributed by atoms with Crippen LogP contribution in [0.4, 0.5) is 26.5 Å². The maximum absolute atomic E-state index is 15.7. The zero-order valence-corrected chi connectivity index (χ0v) is 22.3. The number of carboxylic acid groups (broad SMARTS) is 1. The van der Waals surface area contributed by atoms with Gasteiger partial charge in [0.2, 0.25) is 11.9 Å². The van der Waals surface area contributed by atoms with Crippen LogP contribution >= 0.6 is 0 Å². The van der Waals surface area contributed by atoms with Crippen molar-refractivity contribution in [1.82, 2.24) is 14.9 Å². The largest absolute Gasteiger partial charge is 0.465 e. The van der Waals surface area contributed by atoms with Gasteiger partial charge < -0.3 is 25.5 Å². The highest BCUT2D eigenvalue weighted by atomic mass is 32.2. The molecule has 2 aromatic rings. The van der Waals surface area contributed by atoms with E-state index in [9.17, 15) is 23.1 Å². The lowest BCUT2D eigenvalue weighted by Crippen LogP contribution is -2.64. The van der Waals surface area contributed by atoms with Gasteiger partial charge in [0.15, 0.2) is 15.7 Å². The van der Waals surface area contributed by atoms with Crippen molar-refractivity contribution < 1.29 is 27.5 Å². The van der Waals surface area contributed by atoms with Crippen molar-refractivity contribution in [3.8, 4) is 0 Å². The van der Waals surface area contributed by atoms with Gasteiger partial charge in [0.05, 0.1) is 40.7 Å². The number of sulfone groups is 1. The lowest BCUT2D eigenvalue weighted by atomic mass is 9.67. The molecular formula is C25H31FN6O5S. The number of carbonyl (C=O) groups is 2. The van der Waals surface area contributed by atoms with E-state index in [-0.39, 0.29) is 47.4 Å². The van der Waals surface area contributed by atoms with Crippen LogP contribution in [-0.4, -0.2) is 77.1 Å². The number of aromatic nitrogens is 2. The molecule has 204 valence electrons. The van der Waals surface area contributed by atoms with E-state index in [4.69, 9.17) is 4.98 Å². The maximum Gasteiger partial charge on any atom is 0.407 e. The van der Waals surface area contributed by atoms with E-state index in [0.717, 1.165) is 0 Å². The first-order valence-corrected chi connectivity index (χ1v) is 14.3. The molecule has 5 rings (SSSR count). The Balaban J connectivity index is 1.47. The molecule has 1 aromatic heterocycles. The SMILES string of the molecule is CC(=O)Nc1cccc(N2C(C)CN(C(=O)O)CC2(C)c2ccnc(NC3CC4(C3)CS(=O)(=O)C4)n2)c1F. The fraction of sp³-hybridized carbons (Fsp3) is 0.520. The van der Waals surface area contributed by atoms with Crippen LogP contribution in [0.1, 0.15) is 39.3 Å². The van der Waals surface area contributed by atoms with Crippen molar-refractivity contribution >= 4 is 39.2 Å². The van der Waals surface area contributed by atoms with E-state index >= 15 is 4.39 Å². The maximum atomic E-state index is 15.7. The summed E-state index contributed by atoms with van der Waals surface area (Å²) in [6, 6.07) is 6.02. The lowest BCUT2D eigenvalue weighted by Gasteiger charge is -2.53. The smallest absolute Gasteiger partial charge is 0.407 e. The van der Waals surface area contributed by atoms with Gasteiger partial charge in [-0.15, -0.1) is 0 Å². The molecule has 2 saturated heterocycles. The van der Waals surface area contributed by atoms with Crippen molar-refractivity contribution in [2.24, 2.45) is 5.41 Å². The number of benzene rings is 1. The number of piperazine rings is 1. The number of nitrogens with zero attached hydrogens (tertiary/aromatic N) is 4. The average Bonchev–Trinajstić information content (AvgIpc) is 2.78. The van der Waals surface area contributed by atoms with Gasteiger partial charge in [0.1, 0.15) is 0 Å². The van der Waals surface area contributed by atoms with Crippen molar-refractivity contribution in [1.29, 1.82) is 0 Å². The van der Waals surface area contributed by atoms with Gasteiger partial charge in [-0.1, -0.05) is 6.07 Å². The Morgan fingerprint density at radius 2 is 1.92 bits per heavy atom. The van der Waals surface area contributed by atoms with Crippen LogP contribution in [0.25, 0.3) is 0 Å². The summed E-state index contributed by atoms with van der Waals surface area (Å²) in [6.07, 6.45) is 1.92. The van der Waals surface area contributed by atoms with Crippen LogP contribution in [0, 0.1) is 11.2 Å². The first-order valence-electron chi connectivity index (χ1n) is 12.4. The Kier molecular flexibility index (Phi) is 6.24. The van der Waals surface area contributed by atoms with E-state index in [0.29, 0.717) is 24.5 Å². The summed E-state index contributed by atoms with van der Waals surface area (Å²) in [7, 11) is -2.91. The third-order valence-electron chi connectivity index (χ3n) is 7.73. The molecule has 2 unspecified atom stereocenters. The highest BCUT2D eigenvalue weighted by Gasteiger charge is 2.56. The van der Waals surface area contributed by atoms with Crippen molar-refractivity contribution in [2.75, 3.05) is 40.1 Å². The van der Waals surface area contributed by atoms with Crippen LogP contribution in [0.2, 0.25) is 0 Å². The highest BCUT2D eigenvalue weighted by Crippen LogP contribution is 2.50. The van der Waals surface area contributed by atoms with Crippen LogP contribution in [0.3, 0.4) is 0 Å². The Hall–Kier alpha value is -3.48. The topological polar surface area (TPSA) is 145 Å². The predicted octanol–water partition coefficient (Wildman–Crippen LogP) is 2.67. The monoisotopic (exact) mass is 546 g/mol. The van der Waals surface area contributed by atoms with Gasteiger partial charge in [-0.2, -0.15) is 0 Å². The number of rotatable bonds is 5. The minimum Gasteiger partial charge on any atom is -0.465 e. The number of carbonyl (C=O) groups excluding carboxylic acids is 1. The third kappa shape index (κ3) is 4.63. The first-order chi connectivity index (χ1) is 17.8. The molecule has 1 aliphatic carbocycles. The molecule has 13 heteroatoms. The second-order valence-corrected chi connectivity index (χ2v) is 13.1. The molecule has 2 amide bonds. The zero-order valence-electron chi connectivity index (χ0n) is 21.4. The minimum absolute atomic E-state index is 0.0251. The summed E-state index contributed by atoms with van der Waals surface area (Å²) < 4.78 is 38.9. The molecule has 0 radical (unpaired) electrons. The quantitative estimate of drug-likeness (QED) is 0.515. The third-order valence-corrected chi connectivity index (χ3v) is 9.83. The van der Waals surface area contributed by atoms with E-state index in [1.165, 1.54) is 17.9 Å². The molecule has 3 heterocycles. The average molecular weight is 547 g/mol. The number of halogens is 1. The van der Waals surface area contributed by atoms with Crippen LogP contribution in [0.15, 0.2) is 30.5 Å². The van der Waals surface area contributed by atoms with Crippen molar-refractivity contribution in [3.05, 3.63) is 42.0 Å². The van der Waals surface area contributed by atoms with E-state index in [2.05, 4.69) is 15.6 Å². The van der Waals surface area contributed by atoms with Crippen molar-refractivity contribution in [2.45, 2.75) is 51.2 Å². The normalized spacial score (nSPS) is 25.8. The Morgan fingerprint density at radius 3 is 2.55 bits per heavy atom. The van der Waals surface area contributed by atoms with Gasteiger partial charge in [0, 0.05) is 37.2 Å². The molecule has 2 aliphatic heterocycles. The lowest BCUT2D eigenvalue weighted by molar-refractivity contribution is -0.114. The number of hydrogen-bond acceptors (Lipinski definition) is 8. The fourth-order valence-electron chi connectivity index (χ4n) is 6.37. The predicted molar refractivity (Wildman–Crippen MR) is 139 cm³/mol. The van der Waals surface area contributed by atoms with E-state index in [1.54, 1.807) is 24.4 Å². The molecule has 0 bridgehead atoms.